The highest BCUT2D eigenvalue weighted by Crippen LogP contribution is 2.23. The summed E-state index contributed by atoms with van der Waals surface area (Å²) in [6, 6.07) is 3.72. The van der Waals surface area contributed by atoms with Crippen molar-refractivity contribution in [3.63, 3.8) is 0 Å². The maximum Gasteiger partial charge on any atom is 0.266 e. The van der Waals surface area contributed by atoms with Crippen LogP contribution in [0.25, 0.3) is 0 Å². The Morgan fingerprint density at radius 3 is 2.67 bits per heavy atom. The largest absolute Gasteiger partial charge is 0.352 e. The third kappa shape index (κ3) is 2.97. The maximum atomic E-state index is 13.3. The Kier molecular flexibility index (Phi) is 3.71. The van der Waals surface area contributed by atoms with E-state index in [0.29, 0.717) is 0 Å². The van der Waals surface area contributed by atoms with E-state index in [-0.39, 0.29) is 18.0 Å². The van der Waals surface area contributed by atoms with Crippen LogP contribution in [0, 0.1) is 5.82 Å². The van der Waals surface area contributed by atoms with E-state index in [9.17, 15) is 18.0 Å². The molecule has 0 bridgehead atoms. The second-order valence-corrected chi connectivity index (χ2v) is 3.03. The van der Waals surface area contributed by atoms with Gasteiger partial charge in [0.15, 0.2) is 0 Å². The molecule has 82 valence electrons. The minimum Gasteiger partial charge on any atom is -0.352 e. The van der Waals surface area contributed by atoms with Crippen molar-refractivity contribution in [2.24, 2.45) is 0 Å². The molecule has 1 N–H and O–H groups in total. The molecule has 0 aliphatic carbocycles. The van der Waals surface area contributed by atoms with Crippen molar-refractivity contribution < 1.29 is 18.0 Å². The summed E-state index contributed by atoms with van der Waals surface area (Å²) in [4.78, 5) is 10.6. The summed E-state index contributed by atoms with van der Waals surface area (Å²) in [5, 5.41) is 2.34. The number of benzene rings is 1. The van der Waals surface area contributed by atoms with Crippen molar-refractivity contribution in [2.75, 3.05) is 0 Å². The first-order chi connectivity index (χ1) is 7.02. The van der Waals surface area contributed by atoms with Crippen LogP contribution in [-0.2, 0) is 11.3 Å². The fraction of sp³-hybridized carbons (Fsp3) is 0.300. The van der Waals surface area contributed by atoms with Gasteiger partial charge >= 0.3 is 0 Å². The number of carbonyl (C=O) groups excluding carboxylic acids is 1. The van der Waals surface area contributed by atoms with Crippen molar-refractivity contribution in [3.05, 3.63) is 35.1 Å². The van der Waals surface area contributed by atoms with Gasteiger partial charge in [-0.3, -0.25) is 4.79 Å². The normalized spacial score (nSPS) is 10.5. The lowest BCUT2D eigenvalue weighted by Gasteiger charge is -2.07. The molecule has 2 nitrogen and oxygen atoms in total. The monoisotopic (exact) mass is 217 g/mol. The van der Waals surface area contributed by atoms with E-state index in [1.807, 2.05) is 0 Å². The highest BCUT2D eigenvalue weighted by Gasteiger charge is 2.15. The third-order valence-corrected chi connectivity index (χ3v) is 1.87. The molecule has 1 rings (SSSR count). The molecule has 1 amide bonds. The molecule has 0 aromatic heterocycles. The number of amides is 1. The zero-order chi connectivity index (χ0) is 11.4. The number of rotatable bonds is 3. The molecule has 0 fully saturated rings. The third-order valence-electron chi connectivity index (χ3n) is 1.87. The summed E-state index contributed by atoms with van der Waals surface area (Å²) in [6.45, 7) is 1.19. The van der Waals surface area contributed by atoms with E-state index in [0.717, 1.165) is 6.07 Å². The number of hydrogen-bond acceptors (Lipinski definition) is 1. The molecule has 15 heavy (non-hydrogen) atoms. The molecule has 0 atom stereocenters. The van der Waals surface area contributed by atoms with Gasteiger partial charge in [0.1, 0.15) is 5.82 Å². The number of halogens is 3. The molecule has 5 heteroatoms. The highest BCUT2D eigenvalue weighted by molar-refractivity contribution is 5.72. The van der Waals surface area contributed by atoms with Crippen LogP contribution < -0.4 is 5.32 Å². The Morgan fingerprint density at radius 2 is 2.13 bits per heavy atom. The van der Waals surface area contributed by atoms with Crippen LogP contribution in [0.2, 0.25) is 0 Å². The predicted molar refractivity (Wildman–Crippen MR) is 48.9 cm³/mol. The molecule has 0 saturated heterocycles. The van der Waals surface area contributed by atoms with Gasteiger partial charge in [0.2, 0.25) is 5.91 Å². The first-order valence-electron chi connectivity index (χ1n) is 4.32. The molecule has 0 heterocycles. The zero-order valence-corrected chi connectivity index (χ0v) is 8.06. The Labute approximate surface area is 85.1 Å². The molecule has 0 saturated carbocycles. The van der Waals surface area contributed by atoms with Gasteiger partial charge in [0.25, 0.3) is 6.43 Å². The Hall–Kier alpha value is -1.52. The lowest BCUT2D eigenvalue weighted by molar-refractivity contribution is -0.119. The predicted octanol–water partition coefficient (Wildman–Crippen LogP) is 2.40. The lowest BCUT2D eigenvalue weighted by Crippen LogP contribution is -2.20. The summed E-state index contributed by atoms with van der Waals surface area (Å²) in [5.74, 6) is -1.29. The van der Waals surface area contributed by atoms with Crippen molar-refractivity contribution in [2.45, 2.75) is 19.9 Å². The molecular formula is C10H10F3NO. The molecule has 1 aromatic rings. The van der Waals surface area contributed by atoms with Crippen LogP contribution in [-0.4, -0.2) is 5.91 Å². The van der Waals surface area contributed by atoms with E-state index in [1.54, 1.807) is 0 Å². The minimum absolute atomic E-state index is 0.0583. The fourth-order valence-corrected chi connectivity index (χ4v) is 1.12. The highest BCUT2D eigenvalue weighted by atomic mass is 19.3. The average Bonchev–Trinajstić information content (AvgIpc) is 2.15. The first-order valence-corrected chi connectivity index (χ1v) is 4.32. The minimum atomic E-state index is -2.85. The number of hydrogen-bond donors (Lipinski definition) is 1. The average molecular weight is 217 g/mol. The van der Waals surface area contributed by atoms with E-state index in [2.05, 4.69) is 5.32 Å². The number of carbonyl (C=O) groups is 1. The second kappa shape index (κ2) is 4.82. The van der Waals surface area contributed by atoms with E-state index in [1.165, 1.54) is 19.1 Å². The number of nitrogens with one attached hydrogen (secondary N) is 1. The van der Waals surface area contributed by atoms with Gasteiger partial charge in [-0.25, -0.2) is 13.2 Å². The van der Waals surface area contributed by atoms with Gasteiger partial charge in [-0.05, 0) is 0 Å². The molecule has 0 aliphatic rings. The zero-order valence-electron chi connectivity index (χ0n) is 8.06. The van der Waals surface area contributed by atoms with Gasteiger partial charge in [0, 0.05) is 19.0 Å². The molecule has 0 spiro atoms. The lowest BCUT2D eigenvalue weighted by atomic mass is 10.1. The topological polar surface area (TPSA) is 29.1 Å². The molecular weight excluding hydrogens is 207 g/mol. The second-order valence-electron chi connectivity index (χ2n) is 3.03. The van der Waals surface area contributed by atoms with Gasteiger partial charge in [-0.1, -0.05) is 18.2 Å². The first kappa shape index (κ1) is 11.6. The van der Waals surface area contributed by atoms with Crippen LogP contribution >= 0.6 is 0 Å². The SMILES string of the molecule is CC(=O)NCc1cccc(C(F)F)c1F. The standard InChI is InChI=1S/C10H10F3NO/c1-6(15)14-5-7-3-2-4-8(9(7)11)10(12)13/h2-4,10H,5H2,1H3,(H,14,15). The Bertz CT molecular complexity index is 366. The van der Waals surface area contributed by atoms with E-state index in [4.69, 9.17) is 0 Å². The number of alkyl halides is 2. The van der Waals surface area contributed by atoms with Gasteiger partial charge in [0.05, 0.1) is 5.56 Å². The maximum absolute atomic E-state index is 13.3. The Balaban J connectivity index is 2.89. The van der Waals surface area contributed by atoms with Crippen LogP contribution in [0.3, 0.4) is 0 Å². The van der Waals surface area contributed by atoms with Crippen LogP contribution in [0.5, 0.6) is 0 Å². The molecule has 0 aliphatic heterocycles. The molecule has 0 radical (unpaired) electrons. The van der Waals surface area contributed by atoms with E-state index < -0.39 is 17.8 Å². The molecule has 0 unspecified atom stereocenters. The smallest absolute Gasteiger partial charge is 0.266 e. The summed E-state index contributed by atoms with van der Waals surface area (Å²) in [6.07, 6.45) is -2.85. The molecule has 1 aromatic carbocycles. The summed E-state index contributed by atoms with van der Waals surface area (Å²) in [7, 11) is 0. The fourth-order valence-electron chi connectivity index (χ4n) is 1.12. The van der Waals surface area contributed by atoms with Crippen molar-refractivity contribution in [1.29, 1.82) is 0 Å². The van der Waals surface area contributed by atoms with Crippen LogP contribution in [0.1, 0.15) is 24.5 Å². The summed E-state index contributed by atoms with van der Waals surface area (Å²) >= 11 is 0. The Morgan fingerprint density at radius 1 is 1.47 bits per heavy atom. The van der Waals surface area contributed by atoms with Crippen molar-refractivity contribution in [3.8, 4) is 0 Å². The quantitative estimate of drug-likeness (QED) is 0.827. The summed E-state index contributed by atoms with van der Waals surface area (Å²) in [5.41, 5.74) is -0.583. The van der Waals surface area contributed by atoms with Crippen molar-refractivity contribution in [1.82, 2.24) is 5.32 Å². The van der Waals surface area contributed by atoms with Gasteiger partial charge < -0.3 is 5.32 Å². The van der Waals surface area contributed by atoms with Crippen LogP contribution in [0.15, 0.2) is 18.2 Å². The van der Waals surface area contributed by atoms with Gasteiger partial charge in [-0.2, -0.15) is 0 Å². The van der Waals surface area contributed by atoms with Gasteiger partial charge in [-0.15, -0.1) is 0 Å². The summed E-state index contributed by atoms with van der Waals surface area (Å²) < 4.78 is 37.9. The van der Waals surface area contributed by atoms with E-state index >= 15 is 0 Å². The van der Waals surface area contributed by atoms with Crippen molar-refractivity contribution >= 4 is 5.91 Å². The van der Waals surface area contributed by atoms with Crippen LogP contribution in [0.4, 0.5) is 13.2 Å².